The minimum absolute atomic E-state index is 0.577. The van der Waals surface area contributed by atoms with E-state index in [4.69, 9.17) is 4.74 Å². The molecule has 16 heavy (non-hydrogen) atoms. The smallest absolute Gasteiger partial charge is 0.0576 e. The van der Waals surface area contributed by atoms with Crippen LogP contribution < -0.4 is 5.32 Å². The Bertz CT molecular complexity index is 181. The van der Waals surface area contributed by atoms with Crippen LogP contribution in [-0.2, 0) is 4.74 Å². The van der Waals surface area contributed by atoms with Crippen LogP contribution in [-0.4, -0.2) is 25.3 Å². The summed E-state index contributed by atoms with van der Waals surface area (Å²) < 4.78 is 5.63. The lowest BCUT2D eigenvalue weighted by Gasteiger charge is -2.27. The molecule has 2 aliphatic rings. The van der Waals surface area contributed by atoms with E-state index in [-0.39, 0.29) is 0 Å². The average Bonchev–Trinajstić information content (AvgIpc) is 2.80. The fourth-order valence-corrected chi connectivity index (χ4v) is 2.97. The molecule has 0 amide bonds. The van der Waals surface area contributed by atoms with Crippen LogP contribution in [0.15, 0.2) is 0 Å². The van der Waals surface area contributed by atoms with Crippen molar-refractivity contribution < 1.29 is 4.74 Å². The predicted molar refractivity (Wildman–Crippen MR) is 67.6 cm³/mol. The Balaban J connectivity index is 1.48. The highest BCUT2D eigenvalue weighted by molar-refractivity contribution is 4.75. The van der Waals surface area contributed by atoms with Gasteiger partial charge in [-0.15, -0.1) is 0 Å². The summed E-state index contributed by atoms with van der Waals surface area (Å²) in [4.78, 5) is 0. The van der Waals surface area contributed by atoms with Gasteiger partial charge in [0.2, 0.25) is 0 Å². The largest absolute Gasteiger partial charge is 0.378 e. The van der Waals surface area contributed by atoms with Gasteiger partial charge in [0.25, 0.3) is 0 Å². The van der Waals surface area contributed by atoms with Crippen molar-refractivity contribution in [1.82, 2.24) is 5.32 Å². The first-order chi connectivity index (χ1) is 7.84. The highest BCUT2D eigenvalue weighted by Crippen LogP contribution is 2.23. The summed E-state index contributed by atoms with van der Waals surface area (Å²) >= 11 is 0. The molecule has 1 aliphatic carbocycles. The van der Waals surface area contributed by atoms with Crippen molar-refractivity contribution in [2.24, 2.45) is 5.92 Å². The van der Waals surface area contributed by atoms with E-state index in [2.05, 4.69) is 12.2 Å². The maximum atomic E-state index is 5.63. The lowest BCUT2D eigenvalue weighted by atomic mass is 9.87. The minimum Gasteiger partial charge on any atom is -0.378 e. The van der Waals surface area contributed by atoms with Crippen molar-refractivity contribution in [3.8, 4) is 0 Å². The second kappa shape index (κ2) is 6.61. The van der Waals surface area contributed by atoms with Crippen LogP contribution in [0.5, 0.6) is 0 Å². The van der Waals surface area contributed by atoms with Crippen LogP contribution in [0.4, 0.5) is 0 Å². The number of rotatable bonds is 5. The second-order valence-electron chi connectivity index (χ2n) is 5.69. The second-order valence-corrected chi connectivity index (χ2v) is 5.69. The first kappa shape index (κ1) is 12.4. The lowest BCUT2D eigenvalue weighted by molar-refractivity contribution is 0.102. The molecule has 94 valence electrons. The maximum Gasteiger partial charge on any atom is 0.0576 e. The molecule has 0 spiro atoms. The van der Waals surface area contributed by atoms with E-state index < -0.39 is 0 Å². The summed E-state index contributed by atoms with van der Waals surface area (Å²) in [5, 5.41) is 3.71. The Morgan fingerprint density at radius 3 is 2.62 bits per heavy atom. The highest BCUT2D eigenvalue weighted by atomic mass is 16.5. The average molecular weight is 225 g/mol. The van der Waals surface area contributed by atoms with E-state index >= 15 is 0 Å². The number of hydrogen-bond acceptors (Lipinski definition) is 2. The third-order valence-electron chi connectivity index (χ3n) is 4.18. The number of hydrogen-bond donors (Lipinski definition) is 1. The van der Waals surface area contributed by atoms with Crippen molar-refractivity contribution in [2.45, 2.75) is 70.4 Å². The Kier molecular flexibility index (Phi) is 5.11. The van der Waals surface area contributed by atoms with Crippen LogP contribution in [0.1, 0.15) is 58.3 Å². The van der Waals surface area contributed by atoms with Crippen molar-refractivity contribution in [3.63, 3.8) is 0 Å². The number of nitrogens with one attached hydrogen (secondary N) is 1. The normalized spacial score (nSPS) is 35.4. The van der Waals surface area contributed by atoms with E-state index in [0.717, 1.165) is 18.6 Å². The van der Waals surface area contributed by atoms with Crippen molar-refractivity contribution in [2.75, 3.05) is 13.2 Å². The van der Waals surface area contributed by atoms with Gasteiger partial charge in [-0.25, -0.2) is 0 Å². The van der Waals surface area contributed by atoms with Crippen LogP contribution in [0, 0.1) is 5.92 Å². The van der Waals surface area contributed by atoms with Crippen molar-refractivity contribution in [3.05, 3.63) is 0 Å². The first-order valence-corrected chi connectivity index (χ1v) is 7.19. The van der Waals surface area contributed by atoms with Gasteiger partial charge in [-0.1, -0.05) is 6.92 Å². The Morgan fingerprint density at radius 1 is 1.12 bits per heavy atom. The van der Waals surface area contributed by atoms with Crippen LogP contribution in [0.25, 0.3) is 0 Å². The molecule has 2 nitrogen and oxygen atoms in total. The molecule has 1 N–H and O–H groups in total. The standard InChI is InChI=1S/C14H27NO/c1-12-6-8-13(9-7-12)15-10-2-4-14-5-3-11-16-14/h12-15H,2-11H2,1H3. The molecule has 1 aliphatic heterocycles. The van der Waals surface area contributed by atoms with E-state index in [0.29, 0.717) is 6.10 Å². The van der Waals surface area contributed by atoms with Gasteiger partial charge in [-0.2, -0.15) is 0 Å². The van der Waals surface area contributed by atoms with Gasteiger partial charge in [-0.05, 0) is 63.8 Å². The summed E-state index contributed by atoms with van der Waals surface area (Å²) in [5.41, 5.74) is 0. The van der Waals surface area contributed by atoms with Gasteiger partial charge in [0.15, 0.2) is 0 Å². The molecule has 1 unspecified atom stereocenters. The Morgan fingerprint density at radius 2 is 1.94 bits per heavy atom. The summed E-state index contributed by atoms with van der Waals surface area (Å²) in [5.74, 6) is 0.963. The Labute approximate surface area is 100 Å². The fraction of sp³-hybridized carbons (Fsp3) is 1.00. The molecule has 0 aromatic rings. The van der Waals surface area contributed by atoms with Crippen LogP contribution >= 0.6 is 0 Å². The van der Waals surface area contributed by atoms with Gasteiger partial charge in [0, 0.05) is 12.6 Å². The molecule has 0 radical (unpaired) electrons. The zero-order chi connectivity index (χ0) is 11.2. The highest BCUT2D eigenvalue weighted by Gasteiger charge is 2.18. The van der Waals surface area contributed by atoms with Crippen molar-refractivity contribution in [1.29, 1.82) is 0 Å². The maximum absolute atomic E-state index is 5.63. The van der Waals surface area contributed by atoms with Crippen LogP contribution in [0.3, 0.4) is 0 Å². The zero-order valence-corrected chi connectivity index (χ0v) is 10.7. The summed E-state index contributed by atoms with van der Waals surface area (Å²) in [6.07, 6.45) is 11.3. The van der Waals surface area contributed by atoms with E-state index in [1.807, 2.05) is 0 Å². The SMILES string of the molecule is CC1CCC(NCCCC2CCCO2)CC1. The van der Waals surface area contributed by atoms with E-state index in [9.17, 15) is 0 Å². The molecule has 0 aromatic heterocycles. The summed E-state index contributed by atoms with van der Waals surface area (Å²) in [7, 11) is 0. The van der Waals surface area contributed by atoms with Gasteiger partial charge in [0.1, 0.15) is 0 Å². The monoisotopic (exact) mass is 225 g/mol. The quantitative estimate of drug-likeness (QED) is 0.726. The van der Waals surface area contributed by atoms with Crippen molar-refractivity contribution >= 4 is 0 Å². The molecule has 1 heterocycles. The number of ether oxygens (including phenoxy) is 1. The molecule has 0 bridgehead atoms. The van der Waals surface area contributed by atoms with Gasteiger partial charge in [-0.3, -0.25) is 0 Å². The minimum atomic E-state index is 0.577. The van der Waals surface area contributed by atoms with Crippen LogP contribution in [0.2, 0.25) is 0 Å². The zero-order valence-electron chi connectivity index (χ0n) is 10.7. The Hall–Kier alpha value is -0.0800. The molecular formula is C14H27NO. The lowest BCUT2D eigenvalue weighted by Crippen LogP contribution is -2.33. The van der Waals surface area contributed by atoms with Gasteiger partial charge in [0.05, 0.1) is 6.10 Å². The topological polar surface area (TPSA) is 21.3 Å². The molecule has 1 saturated heterocycles. The molecular weight excluding hydrogens is 198 g/mol. The fourth-order valence-electron chi connectivity index (χ4n) is 2.97. The third kappa shape index (κ3) is 4.06. The van der Waals surface area contributed by atoms with E-state index in [1.165, 1.54) is 57.9 Å². The molecule has 0 aromatic carbocycles. The predicted octanol–water partition coefficient (Wildman–Crippen LogP) is 3.11. The van der Waals surface area contributed by atoms with E-state index in [1.54, 1.807) is 0 Å². The van der Waals surface area contributed by atoms with Gasteiger partial charge >= 0.3 is 0 Å². The van der Waals surface area contributed by atoms with Gasteiger partial charge < -0.3 is 10.1 Å². The molecule has 2 heteroatoms. The third-order valence-corrected chi connectivity index (χ3v) is 4.18. The first-order valence-electron chi connectivity index (χ1n) is 7.19. The molecule has 2 rings (SSSR count). The molecule has 1 atom stereocenters. The summed E-state index contributed by atoms with van der Waals surface area (Å²) in [6.45, 7) is 4.57. The molecule has 1 saturated carbocycles. The summed E-state index contributed by atoms with van der Waals surface area (Å²) in [6, 6.07) is 0.806. The molecule has 2 fully saturated rings.